The van der Waals surface area contributed by atoms with E-state index in [1.165, 1.54) is 0 Å². The summed E-state index contributed by atoms with van der Waals surface area (Å²) in [5, 5.41) is -0.0924. The van der Waals surface area contributed by atoms with Gasteiger partial charge in [0.25, 0.3) is 0 Å². The zero-order valence-electron chi connectivity index (χ0n) is 11.0. The lowest BCUT2D eigenvalue weighted by atomic mass is 10.3. The number of piperazine rings is 1. The summed E-state index contributed by atoms with van der Waals surface area (Å²) in [6.45, 7) is 4.48. The van der Waals surface area contributed by atoms with E-state index in [-0.39, 0.29) is 11.2 Å². The molecule has 0 aromatic heterocycles. The molecule has 1 saturated heterocycles. The van der Waals surface area contributed by atoms with E-state index in [0.29, 0.717) is 26.2 Å². The zero-order valence-corrected chi connectivity index (χ0v) is 11.8. The van der Waals surface area contributed by atoms with Crippen LogP contribution in [0.15, 0.2) is 35.2 Å². The van der Waals surface area contributed by atoms with Gasteiger partial charge < -0.3 is 9.80 Å². The molecular formula is C14H18N2O2S. The first-order valence-electron chi connectivity index (χ1n) is 6.40. The maximum atomic E-state index is 12.3. The normalized spacial score (nSPS) is 17.1. The third-order valence-electron chi connectivity index (χ3n) is 3.18. The fraction of sp³-hybridized carbons (Fsp3) is 0.429. The van der Waals surface area contributed by atoms with Gasteiger partial charge in [0.15, 0.2) is 0 Å². The highest BCUT2D eigenvalue weighted by Crippen LogP contribution is 2.24. The molecule has 0 saturated carbocycles. The van der Waals surface area contributed by atoms with Crippen LogP contribution in [0.2, 0.25) is 0 Å². The lowest BCUT2D eigenvalue weighted by molar-refractivity contribution is -0.134. The topological polar surface area (TPSA) is 40.6 Å². The molecule has 0 N–H and O–H groups in total. The third-order valence-corrected chi connectivity index (χ3v) is 4.28. The Kier molecular flexibility index (Phi) is 4.85. The van der Waals surface area contributed by atoms with E-state index in [9.17, 15) is 9.59 Å². The Hall–Kier alpha value is -1.49. The highest BCUT2D eigenvalue weighted by molar-refractivity contribution is 8.00. The summed E-state index contributed by atoms with van der Waals surface area (Å²) >= 11 is 1.58. The van der Waals surface area contributed by atoms with Crippen molar-refractivity contribution in [1.82, 2.24) is 9.80 Å². The number of hydrogen-bond donors (Lipinski definition) is 0. The molecule has 0 unspecified atom stereocenters. The molecule has 1 fully saturated rings. The van der Waals surface area contributed by atoms with Crippen LogP contribution >= 0.6 is 11.8 Å². The van der Waals surface area contributed by atoms with Gasteiger partial charge in [0.2, 0.25) is 12.3 Å². The highest BCUT2D eigenvalue weighted by atomic mass is 32.2. The van der Waals surface area contributed by atoms with Crippen molar-refractivity contribution < 1.29 is 9.59 Å². The van der Waals surface area contributed by atoms with Gasteiger partial charge in [-0.05, 0) is 19.1 Å². The molecule has 1 heterocycles. The molecular weight excluding hydrogens is 260 g/mol. The van der Waals surface area contributed by atoms with Gasteiger partial charge in [-0.1, -0.05) is 18.2 Å². The van der Waals surface area contributed by atoms with Gasteiger partial charge in [-0.3, -0.25) is 9.59 Å². The molecule has 2 amide bonds. The van der Waals surface area contributed by atoms with Crippen LogP contribution in [-0.4, -0.2) is 53.5 Å². The maximum Gasteiger partial charge on any atom is 0.235 e. The molecule has 0 radical (unpaired) electrons. The summed E-state index contributed by atoms with van der Waals surface area (Å²) in [7, 11) is 0. The number of carbonyl (C=O) groups excluding carboxylic acids is 2. The van der Waals surface area contributed by atoms with Crippen LogP contribution in [0.5, 0.6) is 0 Å². The summed E-state index contributed by atoms with van der Waals surface area (Å²) in [6, 6.07) is 9.94. The van der Waals surface area contributed by atoms with E-state index < -0.39 is 0 Å². The average molecular weight is 278 g/mol. The Morgan fingerprint density at radius 3 is 2.42 bits per heavy atom. The molecule has 1 aliphatic heterocycles. The third kappa shape index (κ3) is 3.73. The van der Waals surface area contributed by atoms with Crippen LogP contribution in [0.3, 0.4) is 0 Å². The number of hydrogen-bond acceptors (Lipinski definition) is 3. The van der Waals surface area contributed by atoms with Crippen molar-refractivity contribution in [1.29, 1.82) is 0 Å². The first-order chi connectivity index (χ1) is 9.20. The number of amides is 2. The number of carbonyl (C=O) groups is 2. The smallest absolute Gasteiger partial charge is 0.235 e. The van der Waals surface area contributed by atoms with Crippen LogP contribution < -0.4 is 0 Å². The van der Waals surface area contributed by atoms with Crippen LogP contribution in [0.4, 0.5) is 0 Å². The van der Waals surface area contributed by atoms with Gasteiger partial charge in [-0.15, -0.1) is 11.8 Å². The van der Waals surface area contributed by atoms with Crippen molar-refractivity contribution in [3.8, 4) is 0 Å². The summed E-state index contributed by atoms with van der Waals surface area (Å²) in [5.41, 5.74) is 0. The molecule has 5 heteroatoms. The second-order valence-corrected chi connectivity index (χ2v) is 5.95. The van der Waals surface area contributed by atoms with Gasteiger partial charge in [-0.25, -0.2) is 0 Å². The Balaban J connectivity index is 1.87. The Labute approximate surface area is 117 Å². The van der Waals surface area contributed by atoms with Crippen molar-refractivity contribution in [3.05, 3.63) is 30.3 Å². The van der Waals surface area contributed by atoms with E-state index in [2.05, 4.69) is 0 Å². The molecule has 1 aliphatic rings. The molecule has 1 atom stereocenters. The molecule has 1 aromatic carbocycles. The number of rotatable bonds is 4. The lowest BCUT2D eigenvalue weighted by Crippen LogP contribution is -2.50. The van der Waals surface area contributed by atoms with Gasteiger partial charge in [0.05, 0.1) is 5.25 Å². The first-order valence-corrected chi connectivity index (χ1v) is 7.28. The van der Waals surface area contributed by atoms with Gasteiger partial charge in [-0.2, -0.15) is 0 Å². The van der Waals surface area contributed by atoms with E-state index >= 15 is 0 Å². The minimum Gasteiger partial charge on any atom is -0.342 e. The van der Waals surface area contributed by atoms with Crippen molar-refractivity contribution in [2.24, 2.45) is 0 Å². The number of nitrogens with zero attached hydrogens (tertiary/aromatic N) is 2. The Bertz CT molecular complexity index is 430. The number of benzene rings is 1. The summed E-state index contributed by atoms with van der Waals surface area (Å²) in [6.07, 6.45) is 0.851. The zero-order chi connectivity index (χ0) is 13.7. The van der Waals surface area contributed by atoms with Crippen LogP contribution in [-0.2, 0) is 9.59 Å². The second-order valence-electron chi connectivity index (χ2n) is 4.54. The molecule has 102 valence electrons. The minimum absolute atomic E-state index is 0.0924. The second kappa shape index (κ2) is 6.61. The van der Waals surface area contributed by atoms with Gasteiger partial charge >= 0.3 is 0 Å². The van der Waals surface area contributed by atoms with Crippen LogP contribution in [0.25, 0.3) is 0 Å². The van der Waals surface area contributed by atoms with Crippen molar-refractivity contribution >= 4 is 24.1 Å². The van der Waals surface area contributed by atoms with Gasteiger partial charge in [0.1, 0.15) is 0 Å². The molecule has 0 spiro atoms. The predicted molar refractivity (Wildman–Crippen MR) is 76.0 cm³/mol. The van der Waals surface area contributed by atoms with Crippen molar-refractivity contribution in [2.75, 3.05) is 26.2 Å². The molecule has 0 bridgehead atoms. The fourth-order valence-corrected chi connectivity index (χ4v) is 3.03. The summed E-state index contributed by atoms with van der Waals surface area (Å²) < 4.78 is 0. The Morgan fingerprint density at radius 2 is 1.84 bits per heavy atom. The predicted octanol–water partition coefficient (Wildman–Crippen LogP) is 1.47. The van der Waals surface area contributed by atoms with Gasteiger partial charge in [0, 0.05) is 31.1 Å². The molecule has 2 rings (SSSR count). The van der Waals surface area contributed by atoms with E-state index in [1.54, 1.807) is 16.7 Å². The molecule has 19 heavy (non-hydrogen) atoms. The lowest BCUT2D eigenvalue weighted by Gasteiger charge is -2.33. The quantitative estimate of drug-likeness (QED) is 0.618. The van der Waals surface area contributed by atoms with Crippen LogP contribution in [0.1, 0.15) is 6.92 Å². The molecule has 4 nitrogen and oxygen atoms in total. The van der Waals surface area contributed by atoms with E-state index in [0.717, 1.165) is 11.3 Å². The minimum atomic E-state index is -0.0924. The largest absolute Gasteiger partial charge is 0.342 e. The standard InChI is InChI=1S/C14H18N2O2S/c1-12(19-13-5-3-2-4-6-13)14(18)16-9-7-15(11-17)8-10-16/h2-6,11-12H,7-10H2,1H3/t12-/m1/s1. The Morgan fingerprint density at radius 1 is 1.21 bits per heavy atom. The fourth-order valence-electron chi connectivity index (χ4n) is 2.06. The molecule has 1 aromatic rings. The summed E-state index contributed by atoms with van der Waals surface area (Å²) in [4.78, 5) is 27.6. The van der Waals surface area contributed by atoms with Crippen molar-refractivity contribution in [2.45, 2.75) is 17.1 Å². The average Bonchev–Trinajstić information content (AvgIpc) is 2.47. The highest BCUT2D eigenvalue weighted by Gasteiger charge is 2.24. The van der Waals surface area contributed by atoms with E-state index in [4.69, 9.17) is 0 Å². The van der Waals surface area contributed by atoms with Crippen molar-refractivity contribution in [3.63, 3.8) is 0 Å². The van der Waals surface area contributed by atoms with Crippen LogP contribution in [0, 0.1) is 0 Å². The summed E-state index contributed by atoms with van der Waals surface area (Å²) in [5.74, 6) is 0.152. The monoisotopic (exact) mass is 278 g/mol. The first kappa shape index (κ1) is 13.9. The maximum absolute atomic E-state index is 12.3. The number of thioether (sulfide) groups is 1. The SMILES string of the molecule is C[C@@H](Sc1ccccc1)C(=O)N1CCN(C=O)CC1. The van der Waals surface area contributed by atoms with E-state index in [1.807, 2.05) is 42.2 Å². The molecule has 0 aliphatic carbocycles.